The van der Waals surface area contributed by atoms with Crippen LogP contribution in [0.25, 0.3) is 22.2 Å². The first-order valence-electron chi connectivity index (χ1n) is 20.2. The van der Waals surface area contributed by atoms with Gasteiger partial charge in [-0.2, -0.15) is 4.99 Å². The van der Waals surface area contributed by atoms with Crippen molar-refractivity contribution in [2.45, 2.75) is 25.7 Å². The number of aromatic nitrogens is 2. The van der Waals surface area contributed by atoms with Crippen molar-refractivity contribution in [3.8, 4) is 17.0 Å². The van der Waals surface area contributed by atoms with Gasteiger partial charge in [0.15, 0.2) is 5.96 Å². The number of carbonyl (C=O) groups is 4. The largest absolute Gasteiger partial charge is 0.491 e. The molecule has 0 fully saturated rings. The van der Waals surface area contributed by atoms with E-state index in [9.17, 15) is 19.2 Å². The van der Waals surface area contributed by atoms with Crippen molar-refractivity contribution in [3.05, 3.63) is 47.5 Å². The van der Waals surface area contributed by atoms with Crippen LogP contribution in [0, 0.1) is 0 Å². The molecule has 0 radical (unpaired) electrons. The lowest BCUT2D eigenvalue weighted by Gasteiger charge is -2.22. The average Bonchev–Trinajstić information content (AvgIpc) is 3.21. The zero-order valence-corrected chi connectivity index (χ0v) is 35.9. The molecule has 1 amide bonds. The first-order chi connectivity index (χ1) is 29.9. The number of carboxylic acids is 2. The number of likely N-dealkylation sites (N-methyl/N-ethyl adjacent to an activating group) is 1. The minimum Gasteiger partial charge on any atom is -0.491 e. The molecule has 0 spiro atoms. The minimum absolute atomic E-state index is 0.136. The Labute approximate surface area is 365 Å². The Hall–Kier alpha value is -5.06. The number of hydrogen-bond acceptors (Lipinski definition) is 15. The number of carbonyl (C=O) groups excluding carboxylic acids is 2. The summed E-state index contributed by atoms with van der Waals surface area (Å²) in [6.45, 7) is 4.32. The van der Waals surface area contributed by atoms with E-state index >= 15 is 0 Å². The van der Waals surface area contributed by atoms with E-state index in [4.69, 9.17) is 61.7 Å². The molecule has 0 aliphatic heterocycles. The summed E-state index contributed by atoms with van der Waals surface area (Å²) in [6.07, 6.45) is 2.09. The first kappa shape index (κ1) is 51.3. The third-order valence-corrected chi connectivity index (χ3v) is 8.84. The maximum absolute atomic E-state index is 12.2. The molecule has 20 nitrogen and oxygen atoms in total. The summed E-state index contributed by atoms with van der Waals surface area (Å²) in [5.74, 6) is -1.61. The highest BCUT2D eigenvalue weighted by Crippen LogP contribution is 2.31. The molecule has 1 aromatic heterocycles. The van der Waals surface area contributed by atoms with Crippen molar-refractivity contribution < 1.29 is 57.8 Å². The Morgan fingerprint density at radius 2 is 1.31 bits per heavy atom. The number of guanidine groups is 1. The number of benzene rings is 2. The standard InChI is InChI=1S/C41H59ClN8O12/c1-49(28-37(53)54)13-14-50(29-38(55)56)27-36(52)45-12-17-59-20-18-57-15-2-4-32(51)5-3-16-58-19-21-60-22-23-61-24-25-62-33-9-6-30(7-10-33)39-34-26-31(42)8-11-35(34)46-41(47-39)48-40(43)44/h6-11,26H,2-5,12-25,27-29H2,1H3,(H,45,52)(H,53,54)(H,55,56)(H4,43,44,46,47,48). The third-order valence-electron chi connectivity index (χ3n) is 8.60. The van der Waals surface area contributed by atoms with Gasteiger partial charge in [0, 0.05) is 61.7 Å². The molecule has 0 bridgehead atoms. The number of hydrogen-bond donors (Lipinski definition) is 5. The van der Waals surface area contributed by atoms with E-state index in [0.29, 0.717) is 120 Å². The van der Waals surface area contributed by atoms with Crippen molar-refractivity contribution in [3.63, 3.8) is 0 Å². The van der Waals surface area contributed by atoms with E-state index in [1.165, 1.54) is 9.80 Å². The molecule has 1 heterocycles. The van der Waals surface area contributed by atoms with Crippen molar-refractivity contribution >= 4 is 58.0 Å². The summed E-state index contributed by atoms with van der Waals surface area (Å²) < 4.78 is 33.5. The number of aliphatic imine (C=N–C) groups is 1. The number of fused-ring (bicyclic) bond motifs is 1. The number of ether oxygens (including phenoxy) is 6. The van der Waals surface area contributed by atoms with Crippen molar-refractivity contribution in [1.82, 2.24) is 25.1 Å². The second kappa shape index (κ2) is 30.1. The number of nitrogens with one attached hydrogen (secondary N) is 1. The van der Waals surface area contributed by atoms with E-state index in [0.717, 1.165) is 10.9 Å². The molecule has 0 unspecified atom stereocenters. The molecular formula is C41H59ClN8O12. The summed E-state index contributed by atoms with van der Waals surface area (Å²) in [5, 5.41) is 21.9. The molecule has 3 aromatic rings. The van der Waals surface area contributed by atoms with E-state index in [2.05, 4.69) is 20.3 Å². The molecule has 0 atom stereocenters. The lowest BCUT2D eigenvalue weighted by molar-refractivity contribution is -0.140. The van der Waals surface area contributed by atoms with Crippen LogP contribution < -0.4 is 21.5 Å². The number of halogens is 1. The average molecular weight is 891 g/mol. The van der Waals surface area contributed by atoms with Crippen molar-refractivity contribution in [2.75, 3.05) is 119 Å². The molecular weight excluding hydrogens is 832 g/mol. The quantitative estimate of drug-likeness (QED) is 0.0321. The highest BCUT2D eigenvalue weighted by molar-refractivity contribution is 6.31. The van der Waals surface area contributed by atoms with Gasteiger partial charge in [-0.25, -0.2) is 9.97 Å². The summed E-state index contributed by atoms with van der Waals surface area (Å²) in [7, 11) is 1.60. The normalized spacial score (nSPS) is 11.3. The molecule has 7 N–H and O–H groups in total. The van der Waals surface area contributed by atoms with E-state index in [1.54, 1.807) is 25.2 Å². The molecule has 62 heavy (non-hydrogen) atoms. The molecule has 0 aliphatic rings. The summed E-state index contributed by atoms with van der Waals surface area (Å²) in [6, 6.07) is 12.7. The zero-order valence-electron chi connectivity index (χ0n) is 35.1. The lowest BCUT2D eigenvalue weighted by atomic mass is 10.1. The third kappa shape index (κ3) is 22.7. The number of nitrogens with zero attached hydrogens (tertiary/aromatic N) is 5. The lowest BCUT2D eigenvalue weighted by Crippen LogP contribution is -2.44. The van der Waals surface area contributed by atoms with Crippen LogP contribution in [-0.2, 0) is 42.9 Å². The molecule has 0 aliphatic carbocycles. The first-order valence-corrected chi connectivity index (χ1v) is 20.6. The highest BCUT2D eigenvalue weighted by atomic mass is 35.5. The van der Waals surface area contributed by atoms with Gasteiger partial charge in [0.05, 0.1) is 83.7 Å². The predicted molar refractivity (Wildman–Crippen MR) is 231 cm³/mol. The van der Waals surface area contributed by atoms with Crippen LogP contribution in [0.3, 0.4) is 0 Å². The smallest absolute Gasteiger partial charge is 0.317 e. The van der Waals surface area contributed by atoms with Gasteiger partial charge < -0.3 is 55.4 Å². The van der Waals surface area contributed by atoms with Gasteiger partial charge in [-0.3, -0.25) is 29.0 Å². The van der Waals surface area contributed by atoms with Gasteiger partial charge in [-0.1, -0.05) is 11.6 Å². The fourth-order valence-corrected chi connectivity index (χ4v) is 5.85. The summed E-state index contributed by atoms with van der Waals surface area (Å²) in [5.41, 5.74) is 13.2. The summed E-state index contributed by atoms with van der Waals surface area (Å²) >= 11 is 6.23. The number of nitrogens with two attached hydrogens (primary N) is 2. The number of Topliss-reactive ketones (excluding diaryl/α,β-unsaturated/α-hetero) is 1. The van der Waals surface area contributed by atoms with Gasteiger partial charge in [-0.15, -0.1) is 0 Å². The molecule has 0 saturated heterocycles. The Morgan fingerprint density at radius 1 is 0.726 bits per heavy atom. The Balaban J connectivity index is 1.10. The Kier molecular flexibility index (Phi) is 24.9. The second-order valence-corrected chi connectivity index (χ2v) is 14.3. The van der Waals surface area contributed by atoms with Gasteiger partial charge in [0.25, 0.3) is 5.95 Å². The van der Waals surface area contributed by atoms with Crippen molar-refractivity contribution in [1.29, 1.82) is 0 Å². The zero-order chi connectivity index (χ0) is 45.0. The topological polar surface area (TPSA) is 273 Å². The number of rotatable bonds is 35. The Bertz CT molecular complexity index is 1850. The van der Waals surface area contributed by atoms with Gasteiger partial charge >= 0.3 is 11.9 Å². The van der Waals surface area contributed by atoms with Crippen LogP contribution >= 0.6 is 11.6 Å². The predicted octanol–water partition coefficient (Wildman–Crippen LogP) is 1.97. The molecule has 0 saturated carbocycles. The van der Waals surface area contributed by atoms with Gasteiger partial charge in [-0.05, 0) is 62.4 Å². The fraction of sp³-hybridized carbons (Fsp3) is 0.537. The van der Waals surface area contributed by atoms with Gasteiger partial charge in [0.2, 0.25) is 5.91 Å². The highest BCUT2D eigenvalue weighted by Gasteiger charge is 2.16. The van der Waals surface area contributed by atoms with E-state index in [1.807, 2.05) is 24.3 Å². The number of ketones is 1. The van der Waals surface area contributed by atoms with Crippen LogP contribution in [0.4, 0.5) is 5.95 Å². The van der Waals surface area contributed by atoms with Crippen LogP contribution in [0.15, 0.2) is 47.5 Å². The van der Waals surface area contributed by atoms with Crippen LogP contribution in [-0.4, -0.2) is 179 Å². The summed E-state index contributed by atoms with van der Waals surface area (Å²) in [4.78, 5) is 62.2. The number of carboxylic acid groups (broad SMARTS) is 2. The number of amides is 1. The molecule has 3 rings (SSSR count). The second-order valence-electron chi connectivity index (χ2n) is 13.8. The van der Waals surface area contributed by atoms with Crippen LogP contribution in [0.2, 0.25) is 5.02 Å². The SMILES string of the molecule is CN(CCN(CC(=O)O)CC(=O)NCCOCCOCCCC(=O)CCCOCCOCCOCCOc1ccc(-c2nc(N=C(N)N)nc3ccc(Cl)cc23)cc1)CC(=O)O. The van der Waals surface area contributed by atoms with E-state index < -0.39 is 11.9 Å². The van der Waals surface area contributed by atoms with E-state index in [-0.39, 0.29) is 62.9 Å². The van der Waals surface area contributed by atoms with Crippen molar-refractivity contribution in [2.24, 2.45) is 16.5 Å². The fourth-order valence-electron chi connectivity index (χ4n) is 5.68. The van der Waals surface area contributed by atoms with Gasteiger partial charge in [0.1, 0.15) is 18.1 Å². The molecule has 2 aromatic carbocycles. The number of aliphatic carboxylic acids is 2. The molecule has 342 valence electrons. The maximum Gasteiger partial charge on any atom is 0.317 e. The Morgan fingerprint density at radius 3 is 1.90 bits per heavy atom. The minimum atomic E-state index is -1.08. The monoisotopic (exact) mass is 890 g/mol. The van der Waals surface area contributed by atoms with Crippen LogP contribution in [0.5, 0.6) is 5.75 Å². The van der Waals surface area contributed by atoms with Crippen LogP contribution in [0.1, 0.15) is 25.7 Å². The molecule has 21 heteroatoms. The maximum atomic E-state index is 12.2.